The van der Waals surface area contributed by atoms with Gasteiger partial charge in [0.1, 0.15) is 5.54 Å². The Labute approximate surface area is 196 Å². The molecule has 1 aliphatic heterocycles. The summed E-state index contributed by atoms with van der Waals surface area (Å²) in [4.78, 5) is 27.6. The van der Waals surface area contributed by atoms with E-state index in [1.807, 2.05) is 66.9 Å². The minimum Gasteiger partial charge on any atom is -0.319 e. The van der Waals surface area contributed by atoms with Gasteiger partial charge >= 0.3 is 6.03 Å². The molecule has 5 rings (SSSR count). The molecule has 34 heavy (non-hydrogen) atoms. The van der Waals surface area contributed by atoms with Crippen molar-refractivity contribution in [1.29, 1.82) is 5.26 Å². The molecule has 3 amide bonds. The molecule has 2 heterocycles. The number of urea groups is 1. The largest absolute Gasteiger partial charge is 0.325 e. The maximum Gasteiger partial charge on any atom is 0.325 e. The maximum absolute atomic E-state index is 13.5. The van der Waals surface area contributed by atoms with E-state index in [1.165, 1.54) is 4.90 Å². The highest BCUT2D eigenvalue weighted by Crippen LogP contribution is 2.32. The third-order valence-corrected chi connectivity index (χ3v) is 6.05. The van der Waals surface area contributed by atoms with Crippen molar-refractivity contribution in [2.75, 3.05) is 0 Å². The average molecular weight is 447 g/mol. The molecule has 166 valence electrons. The fraction of sp³-hybridized carbons (Fsp3) is 0.111. The van der Waals surface area contributed by atoms with Crippen molar-refractivity contribution < 1.29 is 9.59 Å². The van der Waals surface area contributed by atoms with Crippen LogP contribution >= 0.6 is 0 Å². The van der Waals surface area contributed by atoms with Crippen LogP contribution in [0.1, 0.15) is 23.6 Å². The Morgan fingerprint density at radius 1 is 0.941 bits per heavy atom. The number of nitriles is 1. The summed E-state index contributed by atoms with van der Waals surface area (Å²) >= 11 is 0. The Balaban J connectivity index is 1.51. The molecule has 0 radical (unpaired) electrons. The van der Waals surface area contributed by atoms with Crippen LogP contribution in [0, 0.1) is 11.3 Å². The molecule has 4 aromatic rings. The van der Waals surface area contributed by atoms with Crippen molar-refractivity contribution in [2.45, 2.75) is 19.0 Å². The summed E-state index contributed by atoms with van der Waals surface area (Å²) in [5, 5.41) is 16.7. The molecule has 1 aromatic heterocycles. The molecule has 1 N–H and O–H groups in total. The molecule has 0 bridgehead atoms. The Hall–Kier alpha value is -4.70. The average Bonchev–Trinajstić information content (AvgIpc) is 3.40. The van der Waals surface area contributed by atoms with Crippen molar-refractivity contribution in [3.63, 3.8) is 0 Å². The van der Waals surface area contributed by atoms with Crippen LogP contribution in [0.15, 0.2) is 91.1 Å². The first kappa shape index (κ1) is 21.2. The van der Waals surface area contributed by atoms with E-state index in [0.29, 0.717) is 16.8 Å². The van der Waals surface area contributed by atoms with Gasteiger partial charge in [0, 0.05) is 17.3 Å². The normalized spacial score (nSPS) is 17.5. The summed E-state index contributed by atoms with van der Waals surface area (Å²) in [6.45, 7) is 1.76. The highest BCUT2D eigenvalue weighted by Gasteiger charge is 2.49. The first-order chi connectivity index (χ1) is 16.5. The Morgan fingerprint density at radius 3 is 2.24 bits per heavy atom. The number of para-hydroxylation sites is 1. The number of amides is 3. The zero-order valence-electron chi connectivity index (χ0n) is 18.5. The van der Waals surface area contributed by atoms with E-state index in [9.17, 15) is 9.59 Å². The lowest BCUT2D eigenvalue weighted by molar-refractivity contribution is -0.131. The third-order valence-electron chi connectivity index (χ3n) is 6.05. The van der Waals surface area contributed by atoms with Gasteiger partial charge in [-0.2, -0.15) is 10.4 Å². The molecule has 0 spiro atoms. The monoisotopic (exact) mass is 447 g/mol. The minimum atomic E-state index is -1.21. The van der Waals surface area contributed by atoms with Crippen molar-refractivity contribution in [2.24, 2.45) is 0 Å². The van der Waals surface area contributed by atoms with E-state index in [0.717, 1.165) is 16.8 Å². The molecule has 0 aliphatic carbocycles. The van der Waals surface area contributed by atoms with Gasteiger partial charge in [0.05, 0.1) is 29.6 Å². The smallest absolute Gasteiger partial charge is 0.319 e. The van der Waals surface area contributed by atoms with Gasteiger partial charge in [0.2, 0.25) is 0 Å². The number of carbonyl (C=O) groups is 2. The second kappa shape index (κ2) is 8.34. The van der Waals surface area contributed by atoms with Crippen LogP contribution in [0.3, 0.4) is 0 Å². The predicted octanol–water partition coefficient (Wildman–Crippen LogP) is 4.38. The first-order valence-corrected chi connectivity index (χ1v) is 10.8. The second-order valence-electron chi connectivity index (χ2n) is 8.28. The number of nitrogens with one attached hydrogen (secondary N) is 1. The zero-order chi connectivity index (χ0) is 23.7. The van der Waals surface area contributed by atoms with Gasteiger partial charge in [-0.3, -0.25) is 9.69 Å². The number of hydrogen-bond donors (Lipinski definition) is 1. The van der Waals surface area contributed by atoms with Crippen LogP contribution in [-0.2, 0) is 16.9 Å². The van der Waals surface area contributed by atoms with E-state index in [1.54, 1.807) is 35.9 Å². The van der Waals surface area contributed by atoms with Crippen LogP contribution in [0.4, 0.5) is 4.79 Å². The van der Waals surface area contributed by atoms with Gasteiger partial charge in [-0.1, -0.05) is 60.7 Å². The summed E-state index contributed by atoms with van der Waals surface area (Å²) in [7, 11) is 0. The molecule has 0 unspecified atom stereocenters. The van der Waals surface area contributed by atoms with Crippen LogP contribution in [0.2, 0.25) is 0 Å². The lowest BCUT2D eigenvalue weighted by atomic mass is 9.91. The highest BCUT2D eigenvalue weighted by atomic mass is 16.2. The number of benzene rings is 3. The number of rotatable bonds is 5. The molecule has 0 saturated carbocycles. The SMILES string of the molecule is C[C@@]1(c2ccc(C#N)cc2)NC(=O)N(Cc2cn(-c3ccccc3)nc2-c2ccccc2)C1=O. The Morgan fingerprint density at radius 2 is 1.59 bits per heavy atom. The maximum atomic E-state index is 13.5. The number of imide groups is 1. The lowest BCUT2D eigenvalue weighted by Gasteiger charge is -2.22. The van der Waals surface area contributed by atoms with Gasteiger partial charge < -0.3 is 5.32 Å². The van der Waals surface area contributed by atoms with Crippen molar-refractivity contribution in [3.05, 3.63) is 108 Å². The minimum absolute atomic E-state index is 0.0770. The number of carbonyl (C=O) groups excluding carboxylic acids is 2. The summed E-state index contributed by atoms with van der Waals surface area (Å²) < 4.78 is 1.76. The van der Waals surface area contributed by atoms with Crippen LogP contribution in [0.5, 0.6) is 0 Å². The Kier molecular flexibility index (Phi) is 5.19. The summed E-state index contributed by atoms with van der Waals surface area (Å²) in [5.41, 5.74) is 3.13. The van der Waals surface area contributed by atoms with Gasteiger partial charge in [0.15, 0.2) is 0 Å². The zero-order valence-corrected chi connectivity index (χ0v) is 18.5. The molecule has 1 fully saturated rings. The van der Waals surface area contributed by atoms with Gasteiger partial charge in [0.25, 0.3) is 5.91 Å². The molecule has 7 nitrogen and oxygen atoms in total. The topological polar surface area (TPSA) is 91.0 Å². The van der Waals surface area contributed by atoms with E-state index in [4.69, 9.17) is 10.4 Å². The molecule has 3 aromatic carbocycles. The first-order valence-electron chi connectivity index (χ1n) is 10.8. The summed E-state index contributed by atoms with van der Waals surface area (Å²) in [6.07, 6.45) is 1.86. The third kappa shape index (κ3) is 3.61. The predicted molar refractivity (Wildman–Crippen MR) is 127 cm³/mol. The molecular weight excluding hydrogens is 426 g/mol. The van der Waals surface area contributed by atoms with Gasteiger partial charge in [-0.05, 0) is 36.8 Å². The van der Waals surface area contributed by atoms with Crippen molar-refractivity contribution in [1.82, 2.24) is 20.0 Å². The quantitative estimate of drug-likeness (QED) is 0.460. The Bertz CT molecular complexity index is 1410. The van der Waals surface area contributed by atoms with E-state index < -0.39 is 11.6 Å². The molecule has 1 aliphatic rings. The summed E-state index contributed by atoms with van der Waals surface area (Å²) in [6, 6.07) is 27.6. The summed E-state index contributed by atoms with van der Waals surface area (Å²) in [5.74, 6) is -0.353. The second-order valence-corrected chi connectivity index (χ2v) is 8.28. The standard InChI is InChI=1S/C27H21N5O2/c1-27(22-14-12-19(16-28)13-15-22)25(33)31(26(34)29-27)17-21-18-32(23-10-6-3-7-11-23)30-24(21)20-8-4-2-5-9-20/h2-15,18H,17H2,1H3,(H,29,34)/t27-/m0/s1. The lowest BCUT2D eigenvalue weighted by Crippen LogP contribution is -2.40. The molecule has 1 saturated heterocycles. The van der Waals surface area contributed by atoms with E-state index >= 15 is 0 Å². The molecule has 7 heteroatoms. The van der Waals surface area contributed by atoms with Gasteiger partial charge in [-0.25, -0.2) is 9.48 Å². The fourth-order valence-electron chi connectivity index (χ4n) is 4.16. The van der Waals surface area contributed by atoms with Crippen LogP contribution in [0.25, 0.3) is 16.9 Å². The molecular formula is C27H21N5O2. The van der Waals surface area contributed by atoms with E-state index in [2.05, 4.69) is 11.4 Å². The fourth-order valence-corrected chi connectivity index (χ4v) is 4.16. The molecule has 1 atom stereocenters. The number of aromatic nitrogens is 2. The van der Waals surface area contributed by atoms with E-state index in [-0.39, 0.29) is 12.5 Å². The number of hydrogen-bond acceptors (Lipinski definition) is 4. The highest BCUT2D eigenvalue weighted by molar-refractivity contribution is 6.07. The van der Waals surface area contributed by atoms with Crippen LogP contribution < -0.4 is 5.32 Å². The number of nitrogens with zero attached hydrogens (tertiary/aromatic N) is 4. The van der Waals surface area contributed by atoms with Crippen molar-refractivity contribution in [3.8, 4) is 23.0 Å². The van der Waals surface area contributed by atoms with Crippen molar-refractivity contribution >= 4 is 11.9 Å². The van der Waals surface area contributed by atoms with Gasteiger partial charge in [-0.15, -0.1) is 0 Å². The van der Waals surface area contributed by atoms with Crippen LogP contribution in [-0.4, -0.2) is 26.6 Å².